The Kier molecular flexibility index (Phi) is 5.41. The van der Waals surface area contributed by atoms with Gasteiger partial charge in [-0.15, -0.1) is 0 Å². The number of hydrogen-bond acceptors (Lipinski definition) is 9. The van der Waals surface area contributed by atoms with Crippen LogP contribution in [0.4, 0.5) is 0 Å². The Bertz CT molecular complexity index is 281. The fourth-order valence-corrected chi connectivity index (χ4v) is 1.51. The van der Waals surface area contributed by atoms with E-state index in [0.29, 0.717) is 0 Å². The molecule has 0 amide bonds. The molecule has 0 saturated carbocycles. The lowest BCUT2D eigenvalue weighted by Gasteiger charge is -2.40. The lowest BCUT2D eigenvalue weighted by molar-refractivity contribution is -0.344. The first-order valence-electron chi connectivity index (χ1n) is 5.20. The van der Waals surface area contributed by atoms with Gasteiger partial charge in [0.25, 0.3) is 0 Å². The summed E-state index contributed by atoms with van der Waals surface area (Å²) in [5.74, 6) is -1.73. The average molecular weight is 267 g/mol. The van der Waals surface area contributed by atoms with Crippen molar-refractivity contribution < 1.29 is 44.9 Å². The van der Waals surface area contributed by atoms with Gasteiger partial charge in [0.2, 0.25) is 0 Å². The van der Waals surface area contributed by atoms with E-state index >= 15 is 0 Å². The van der Waals surface area contributed by atoms with E-state index in [9.17, 15) is 25.2 Å². The summed E-state index contributed by atoms with van der Waals surface area (Å²) in [6.07, 6.45) is -9.56. The zero-order valence-electron chi connectivity index (χ0n) is 9.25. The summed E-state index contributed by atoms with van der Waals surface area (Å²) in [7, 11) is 0. The Balaban J connectivity index is 2.72. The van der Waals surface area contributed by atoms with Gasteiger partial charge in [-0.2, -0.15) is 0 Å². The van der Waals surface area contributed by atoms with E-state index in [2.05, 4.69) is 0 Å². The van der Waals surface area contributed by atoms with Crippen LogP contribution in [0.25, 0.3) is 0 Å². The first kappa shape index (κ1) is 15.2. The van der Waals surface area contributed by atoms with E-state index in [4.69, 9.17) is 19.7 Å². The molecule has 0 aromatic heterocycles. The molecule has 6 atom stereocenters. The number of carboxylic acids is 1. The molecule has 1 aliphatic heterocycles. The SMILES string of the molecule is O=C([O-])C(CO)OC1OC(CO)[C@@H](O)[C@@H](O)C1O. The first-order valence-corrected chi connectivity index (χ1v) is 5.20. The largest absolute Gasteiger partial charge is 0.547 e. The van der Waals surface area contributed by atoms with E-state index < -0.39 is 56.0 Å². The quantitative estimate of drug-likeness (QED) is 0.328. The van der Waals surface area contributed by atoms with Crippen LogP contribution in [0.2, 0.25) is 0 Å². The number of ether oxygens (including phenoxy) is 2. The highest BCUT2D eigenvalue weighted by atomic mass is 16.7. The van der Waals surface area contributed by atoms with Crippen LogP contribution < -0.4 is 5.11 Å². The predicted molar refractivity (Wildman–Crippen MR) is 50.7 cm³/mol. The molecule has 4 unspecified atom stereocenters. The van der Waals surface area contributed by atoms with Crippen LogP contribution >= 0.6 is 0 Å². The molecule has 1 saturated heterocycles. The molecule has 1 rings (SSSR count). The summed E-state index contributed by atoms with van der Waals surface area (Å²) in [5.41, 5.74) is 0. The number of aliphatic hydroxyl groups excluding tert-OH is 5. The number of carbonyl (C=O) groups excluding carboxylic acids is 1. The molecule has 0 aliphatic carbocycles. The van der Waals surface area contributed by atoms with Gasteiger partial charge in [-0.1, -0.05) is 0 Å². The molecular weight excluding hydrogens is 252 g/mol. The maximum atomic E-state index is 10.5. The monoisotopic (exact) mass is 267 g/mol. The van der Waals surface area contributed by atoms with Crippen LogP contribution in [0.15, 0.2) is 0 Å². The molecule has 0 aromatic rings. The van der Waals surface area contributed by atoms with Crippen molar-refractivity contribution in [2.75, 3.05) is 13.2 Å². The van der Waals surface area contributed by atoms with Crippen LogP contribution in [0.3, 0.4) is 0 Å². The van der Waals surface area contributed by atoms with Crippen LogP contribution in [0, 0.1) is 0 Å². The molecule has 106 valence electrons. The van der Waals surface area contributed by atoms with Crippen LogP contribution in [-0.4, -0.2) is 81.5 Å². The lowest BCUT2D eigenvalue weighted by atomic mass is 9.99. The highest BCUT2D eigenvalue weighted by Gasteiger charge is 2.44. The molecule has 0 spiro atoms. The summed E-state index contributed by atoms with van der Waals surface area (Å²) in [4.78, 5) is 10.5. The minimum atomic E-state index is -1.76. The Labute approximate surface area is 102 Å². The third-order valence-corrected chi connectivity index (χ3v) is 2.58. The second-order valence-electron chi connectivity index (χ2n) is 3.82. The molecule has 5 N–H and O–H groups in total. The molecular formula is C9H15O9-. The zero-order valence-corrected chi connectivity index (χ0v) is 9.25. The second kappa shape index (κ2) is 6.38. The maximum Gasteiger partial charge on any atom is 0.187 e. The smallest absolute Gasteiger partial charge is 0.187 e. The van der Waals surface area contributed by atoms with Gasteiger partial charge in [-0.3, -0.25) is 0 Å². The summed E-state index contributed by atoms with van der Waals surface area (Å²) in [6, 6.07) is 0. The summed E-state index contributed by atoms with van der Waals surface area (Å²) < 4.78 is 9.58. The van der Waals surface area contributed by atoms with Crippen molar-refractivity contribution in [1.29, 1.82) is 0 Å². The third-order valence-electron chi connectivity index (χ3n) is 2.58. The normalized spacial score (nSPS) is 38.4. The van der Waals surface area contributed by atoms with Gasteiger partial charge in [0.05, 0.1) is 19.2 Å². The Morgan fingerprint density at radius 2 is 1.83 bits per heavy atom. The van der Waals surface area contributed by atoms with Crippen molar-refractivity contribution in [3.8, 4) is 0 Å². The summed E-state index contributed by atoms with van der Waals surface area (Å²) in [6.45, 7) is -1.59. The number of hydrogen-bond donors (Lipinski definition) is 5. The number of aliphatic carboxylic acids is 1. The standard InChI is InChI=1S/C9H16O9/c10-1-3-5(12)6(13)7(14)9(17-3)18-4(2-11)8(15)16/h3-7,9-14H,1-2H2,(H,15,16)/p-1/t3?,4?,5-,6-,7?,9?/m1/s1. The van der Waals surface area contributed by atoms with Crippen molar-refractivity contribution in [2.24, 2.45) is 0 Å². The molecule has 9 heteroatoms. The first-order chi connectivity index (χ1) is 8.42. The van der Waals surface area contributed by atoms with Crippen molar-refractivity contribution in [1.82, 2.24) is 0 Å². The van der Waals surface area contributed by atoms with Gasteiger partial charge in [0.1, 0.15) is 30.5 Å². The fraction of sp³-hybridized carbons (Fsp3) is 0.889. The molecule has 1 fully saturated rings. The van der Waals surface area contributed by atoms with Crippen molar-refractivity contribution in [3.63, 3.8) is 0 Å². The minimum absolute atomic E-state index is 0.667. The highest BCUT2D eigenvalue weighted by Crippen LogP contribution is 2.22. The number of carbonyl (C=O) groups is 1. The minimum Gasteiger partial charge on any atom is -0.547 e. The Morgan fingerprint density at radius 3 is 2.28 bits per heavy atom. The third kappa shape index (κ3) is 3.14. The van der Waals surface area contributed by atoms with Gasteiger partial charge >= 0.3 is 0 Å². The topological polar surface area (TPSA) is 160 Å². The molecule has 9 nitrogen and oxygen atoms in total. The van der Waals surface area contributed by atoms with E-state index in [1.807, 2.05) is 0 Å². The van der Waals surface area contributed by atoms with Crippen molar-refractivity contribution >= 4 is 5.97 Å². The van der Waals surface area contributed by atoms with E-state index in [1.54, 1.807) is 0 Å². The molecule has 0 radical (unpaired) electrons. The lowest BCUT2D eigenvalue weighted by Crippen LogP contribution is -2.60. The second-order valence-corrected chi connectivity index (χ2v) is 3.82. The van der Waals surface area contributed by atoms with Crippen molar-refractivity contribution in [3.05, 3.63) is 0 Å². The van der Waals surface area contributed by atoms with Crippen LogP contribution in [0.5, 0.6) is 0 Å². The number of aliphatic hydroxyl groups is 5. The van der Waals surface area contributed by atoms with E-state index in [0.717, 1.165) is 0 Å². The van der Waals surface area contributed by atoms with Crippen LogP contribution in [-0.2, 0) is 14.3 Å². The molecule has 0 bridgehead atoms. The molecule has 1 heterocycles. The van der Waals surface area contributed by atoms with Gasteiger partial charge < -0.3 is 44.9 Å². The number of carboxylic acid groups (broad SMARTS) is 1. The molecule has 18 heavy (non-hydrogen) atoms. The summed E-state index contributed by atoms with van der Waals surface area (Å²) >= 11 is 0. The summed E-state index contributed by atoms with van der Waals surface area (Å²) in [5, 5.41) is 56.4. The maximum absolute atomic E-state index is 10.5. The number of rotatable bonds is 5. The van der Waals surface area contributed by atoms with E-state index in [-0.39, 0.29) is 0 Å². The predicted octanol–water partition coefficient (Wildman–Crippen LogP) is -5.09. The molecule has 1 aliphatic rings. The molecule has 0 aromatic carbocycles. The van der Waals surface area contributed by atoms with Crippen molar-refractivity contribution in [2.45, 2.75) is 36.8 Å². The van der Waals surface area contributed by atoms with E-state index in [1.165, 1.54) is 0 Å². The highest BCUT2D eigenvalue weighted by molar-refractivity contribution is 5.70. The zero-order chi connectivity index (χ0) is 13.9. The van der Waals surface area contributed by atoms with Gasteiger partial charge in [0, 0.05) is 0 Å². The van der Waals surface area contributed by atoms with Crippen LogP contribution in [0.1, 0.15) is 0 Å². The Morgan fingerprint density at radius 1 is 1.22 bits per heavy atom. The average Bonchev–Trinajstić information content (AvgIpc) is 2.35. The fourth-order valence-electron chi connectivity index (χ4n) is 1.51. The van der Waals surface area contributed by atoms with Gasteiger partial charge in [0.15, 0.2) is 6.29 Å². The Hall–Kier alpha value is -0.810. The van der Waals surface area contributed by atoms with Gasteiger partial charge in [-0.25, -0.2) is 0 Å². The van der Waals surface area contributed by atoms with Gasteiger partial charge in [-0.05, 0) is 0 Å².